The molecule has 2 rings (SSSR count). The molecule has 0 bridgehead atoms. The Morgan fingerprint density at radius 2 is 1.46 bits per heavy atom. The molecule has 0 heterocycles. The van der Waals surface area contributed by atoms with Gasteiger partial charge in [-0.1, -0.05) is 64.1 Å². The third-order valence-corrected chi connectivity index (χ3v) is 4.61. The van der Waals surface area contributed by atoms with Crippen LogP contribution in [-0.2, 0) is 12.8 Å². The topological polar surface area (TPSA) is 24.1 Å². The highest BCUT2D eigenvalue weighted by Gasteiger charge is 2.12. The lowest BCUT2D eigenvalue weighted by atomic mass is 9.98. The Morgan fingerprint density at radius 1 is 0.917 bits per heavy atom. The Kier molecular flexibility index (Phi) is 6.38. The lowest BCUT2D eigenvalue weighted by Gasteiger charge is -2.20. The molecule has 2 N–H and O–H groups in total. The van der Waals surface area contributed by atoms with Crippen LogP contribution in [0.5, 0.6) is 0 Å². The van der Waals surface area contributed by atoms with Gasteiger partial charge in [0.2, 0.25) is 0 Å². The first-order valence-corrected chi connectivity index (χ1v) is 9.17. The van der Waals surface area contributed by atoms with E-state index in [1.807, 2.05) is 0 Å². The predicted octanol–water partition coefficient (Wildman–Crippen LogP) is 6.05. The number of anilines is 2. The maximum atomic E-state index is 5.62. The van der Waals surface area contributed by atoms with Gasteiger partial charge in [0.1, 0.15) is 0 Å². The van der Waals surface area contributed by atoms with Gasteiger partial charge in [-0.2, -0.15) is 0 Å². The summed E-state index contributed by atoms with van der Waals surface area (Å²) >= 11 is 5.62. The molecule has 0 unspecified atom stereocenters. The van der Waals surface area contributed by atoms with E-state index in [9.17, 15) is 0 Å². The van der Waals surface area contributed by atoms with Crippen molar-refractivity contribution in [2.24, 2.45) is 0 Å². The molecule has 0 aliphatic carbocycles. The van der Waals surface area contributed by atoms with Crippen molar-refractivity contribution in [2.75, 3.05) is 10.6 Å². The van der Waals surface area contributed by atoms with Crippen LogP contribution in [0.2, 0.25) is 0 Å². The van der Waals surface area contributed by atoms with E-state index in [0.29, 0.717) is 11.0 Å². The third-order valence-electron chi connectivity index (χ3n) is 4.40. The molecule has 0 aromatic heterocycles. The summed E-state index contributed by atoms with van der Waals surface area (Å²) in [5.74, 6) is 0.448. The fourth-order valence-corrected chi connectivity index (χ4v) is 3.21. The van der Waals surface area contributed by atoms with Crippen LogP contribution in [0.15, 0.2) is 36.4 Å². The zero-order chi connectivity index (χ0) is 17.7. The fourth-order valence-electron chi connectivity index (χ4n) is 3.00. The molecule has 0 saturated carbocycles. The molecule has 0 fully saturated rings. The lowest BCUT2D eigenvalue weighted by molar-refractivity contribution is 0.868. The van der Waals surface area contributed by atoms with Crippen LogP contribution in [0.4, 0.5) is 11.4 Å². The van der Waals surface area contributed by atoms with Crippen LogP contribution in [0.1, 0.15) is 55.9 Å². The molecule has 0 atom stereocenters. The molecular formula is C21H28N2S. The summed E-state index contributed by atoms with van der Waals surface area (Å²) < 4.78 is 0. The van der Waals surface area contributed by atoms with Crippen molar-refractivity contribution in [2.45, 2.75) is 53.4 Å². The summed E-state index contributed by atoms with van der Waals surface area (Å²) in [5, 5.41) is 7.53. The second kappa shape index (κ2) is 8.29. The number of nitrogens with one attached hydrogen (secondary N) is 2. The SMILES string of the molecule is CCc1cccc(CC)c1NC(=S)Nc1c(C)cccc1C(C)C. The molecule has 2 aromatic carbocycles. The molecule has 24 heavy (non-hydrogen) atoms. The van der Waals surface area contributed by atoms with Gasteiger partial charge < -0.3 is 10.6 Å². The Bertz CT molecular complexity index is 692. The molecule has 3 heteroatoms. The first kappa shape index (κ1) is 18.5. The quantitative estimate of drug-likeness (QED) is 0.648. The molecule has 128 valence electrons. The van der Waals surface area contributed by atoms with Gasteiger partial charge in [-0.25, -0.2) is 0 Å². The van der Waals surface area contributed by atoms with Crippen LogP contribution >= 0.6 is 12.2 Å². The van der Waals surface area contributed by atoms with Crippen LogP contribution in [0.25, 0.3) is 0 Å². The Morgan fingerprint density at radius 3 is 2.00 bits per heavy atom. The van der Waals surface area contributed by atoms with Gasteiger partial charge in [0.15, 0.2) is 5.11 Å². The fraction of sp³-hybridized carbons (Fsp3) is 0.381. The number of aryl methyl sites for hydroxylation is 3. The molecule has 0 amide bonds. The van der Waals surface area contributed by atoms with Gasteiger partial charge in [0, 0.05) is 11.4 Å². The largest absolute Gasteiger partial charge is 0.332 e. The molecule has 0 aliphatic rings. The first-order valence-electron chi connectivity index (χ1n) is 8.76. The van der Waals surface area contributed by atoms with E-state index in [-0.39, 0.29) is 0 Å². The second-order valence-electron chi connectivity index (χ2n) is 6.43. The van der Waals surface area contributed by atoms with Gasteiger partial charge in [-0.3, -0.25) is 0 Å². The average Bonchev–Trinajstić information content (AvgIpc) is 2.56. The Labute approximate surface area is 151 Å². The molecule has 0 aliphatic heterocycles. The summed E-state index contributed by atoms with van der Waals surface area (Å²) in [5.41, 5.74) is 7.37. The van der Waals surface area contributed by atoms with Crippen LogP contribution in [0, 0.1) is 6.92 Å². The van der Waals surface area contributed by atoms with Crippen molar-refractivity contribution < 1.29 is 0 Å². The second-order valence-corrected chi connectivity index (χ2v) is 6.84. The minimum Gasteiger partial charge on any atom is -0.332 e. The Hall–Kier alpha value is -1.87. The highest BCUT2D eigenvalue weighted by atomic mass is 32.1. The van der Waals surface area contributed by atoms with Crippen LogP contribution in [-0.4, -0.2) is 5.11 Å². The smallest absolute Gasteiger partial charge is 0.175 e. The van der Waals surface area contributed by atoms with E-state index >= 15 is 0 Å². The van der Waals surface area contributed by atoms with E-state index in [2.05, 4.69) is 81.7 Å². The van der Waals surface area contributed by atoms with E-state index in [0.717, 1.165) is 24.2 Å². The first-order chi connectivity index (χ1) is 11.5. The van der Waals surface area contributed by atoms with Gasteiger partial charge >= 0.3 is 0 Å². The molecule has 0 spiro atoms. The normalized spacial score (nSPS) is 10.8. The van der Waals surface area contributed by atoms with Gasteiger partial charge in [-0.15, -0.1) is 0 Å². The zero-order valence-electron chi connectivity index (χ0n) is 15.4. The molecule has 0 radical (unpaired) electrons. The van der Waals surface area contributed by atoms with E-state index in [1.54, 1.807) is 0 Å². The van der Waals surface area contributed by atoms with E-state index in [1.165, 1.54) is 22.3 Å². The minimum absolute atomic E-state index is 0.448. The van der Waals surface area contributed by atoms with Gasteiger partial charge in [-0.05, 0) is 60.2 Å². The maximum Gasteiger partial charge on any atom is 0.175 e. The predicted molar refractivity (Wildman–Crippen MR) is 110 cm³/mol. The van der Waals surface area contributed by atoms with Crippen molar-refractivity contribution in [3.63, 3.8) is 0 Å². The number of thiocarbonyl (C=S) groups is 1. The third kappa shape index (κ3) is 4.15. The minimum atomic E-state index is 0.448. The number of benzene rings is 2. The van der Waals surface area contributed by atoms with Crippen molar-refractivity contribution >= 4 is 28.7 Å². The molecular weight excluding hydrogens is 312 g/mol. The maximum absolute atomic E-state index is 5.62. The summed E-state index contributed by atoms with van der Waals surface area (Å²) in [6, 6.07) is 12.8. The zero-order valence-corrected chi connectivity index (χ0v) is 16.2. The van der Waals surface area contributed by atoms with E-state index in [4.69, 9.17) is 12.2 Å². The highest BCUT2D eigenvalue weighted by Crippen LogP contribution is 2.28. The van der Waals surface area contributed by atoms with Crippen molar-refractivity contribution in [1.29, 1.82) is 0 Å². The van der Waals surface area contributed by atoms with Crippen LogP contribution in [0.3, 0.4) is 0 Å². The number of hydrogen-bond donors (Lipinski definition) is 2. The van der Waals surface area contributed by atoms with Crippen molar-refractivity contribution in [1.82, 2.24) is 0 Å². The van der Waals surface area contributed by atoms with Crippen molar-refractivity contribution in [3.05, 3.63) is 58.7 Å². The molecule has 0 saturated heterocycles. The highest BCUT2D eigenvalue weighted by molar-refractivity contribution is 7.80. The van der Waals surface area contributed by atoms with Crippen molar-refractivity contribution in [3.8, 4) is 0 Å². The lowest BCUT2D eigenvalue weighted by Crippen LogP contribution is -2.22. The summed E-state index contributed by atoms with van der Waals surface area (Å²) in [6.07, 6.45) is 1.97. The summed E-state index contributed by atoms with van der Waals surface area (Å²) in [6.45, 7) is 10.9. The number of hydrogen-bond acceptors (Lipinski definition) is 1. The average molecular weight is 341 g/mol. The standard InChI is InChI=1S/C21H28N2S/c1-6-16-11-9-12-17(7-2)20(16)23-21(24)22-19-15(5)10-8-13-18(19)14(3)4/h8-14H,6-7H2,1-5H3,(H2,22,23,24). The summed E-state index contributed by atoms with van der Waals surface area (Å²) in [7, 11) is 0. The van der Waals surface area contributed by atoms with Gasteiger partial charge in [0.25, 0.3) is 0 Å². The van der Waals surface area contributed by atoms with Crippen LogP contribution < -0.4 is 10.6 Å². The van der Waals surface area contributed by atoms with E-state index < -0.39 is 0 Å². The number of rotatable bonds is 5. The Balaban J connectivity index is 2.27. The molecule has 2 aromatic rings. The molecule has 2 nitrogen and oxygen atoms in total. The van der Waals surface area contributed by atoms with Gasteiger partial charge in [0.05, 0.1) is 0 Å². The summed E-state index contributed by atoms with van der Waals surface area (Å²) in [4.78, 5) is 0. The monoisotopic (exact) mass is 340 g/mol. The number of para-hydroxylation sites is 2.